The van der Waals surface area contributed by atoms with Crippen LogP contribution in [-0.4, -0.2) is 26.2 Å². The van der Waals surface area contributed by atoms with Gasteiger partial charge >= 0.3 is 0 Å². The average molecular weight is 372 g/mol. The van der Waals surface area contributed by atoms with Crippen molar-refractivity contribution < 1.29 is 4.74 Å². The van der Waals surface area contributed by atoms with Gasteiger partial charge in [-0.3, -0.25) is 4.40 Å². The number of fused-ring (bicyclic) bond motifs is 2. The van der Waals surface area contributed by atoms with Crippen LogP contribution in [0.15, 0.2) is 54.7 Å². The van der Waals surface area contributed by atoms with E-state index in [-0.39, 0.29) is 5.41 Å². The van der Waals surface area contributed by atoms with Crippen molar-refractivity contribution in [3.05, 3.63) is 54.7 Å². The van der Waals surface area contributed by atoms with Gasteiger partial charge in [-0.2, -0.15) is 0 Å². The van der Waals surface area contributed by atoms with Crippen LogP contribution in [-0.2, 0) is 0 Å². The molecule has 1 saturated carbocycles. The zero-order chi connectivity index (χ0) is 19.0. The minimum Gasteiger partial charge on any atom is -0.491 e. The third-order valence-electron chi connectivity index (χ3n) is 5.86. The number of aromatic nitrogens is 4. The number of para-hydroxylation sites is 1. The highest BCUT2D eigenvalue weighted by atomic mass is 16.5. The second-order valence-corrected chi connectivity index (χ2v) is 8.14. The van der Waals surface area contributed by atoms with E-state index in [1.54, 1.807) is 0 Å². The van der Waals surface area contributed by atoms with E-state index in [0.717, 1.165) is 40.4 Å². The van der Waals surface area contributed by atoms with Crippen molar-refractivity contribution in [1.82, 2.24) is 19.6 Å². The molecule has 0 bridgehead atoms. The summed E-state index contributed by atoms with van der Waals surface area (Å²) in [6.45, 7) is 3.09. The topological polar surface area (TPSA) is 52.3 Å². The van der Waals surface area contributed by atoms with Crippen molar-refractivity contribution >= 4 is 16.6 Å². The normalized spacial score (nSPS) is 16.5. The smallest absolute Gasteiger partial charge is 0.187 e. The highest BCUT2D eigenvalue weighted by Gasteiger charge is 2.27. The van der Waals surface area contributed by atoms with E-state index in [1.807, 2.05) is 47.0 Å². The van der Waals surface area contributed by atoms with E-state index >= 15 is 0 Å². The number of pyridine rings is 2. The first-order chi connectivity index (χ1) is 13.7. The summed E-state index contributed by atoms with van der Waals surface area (Å²) in [5.74, 6) is 1.59. The van der Waals surface area contributed by atoms with Crippen molar-refractivity contribution in [1.29, 1.82) is 0 Å². The molecule has 3 heterocycles. The summed E-state index contributed by atoms with van der Waals surface area (Å²) in [4.78, 5) is 4.91. The second-order valence-electron chi connectivity index (χ2n) is 8.14. The highest BCUT2D eigenvalue weighted by molar-refractivity contribution is 5.86. The maximum Gasteiger partial charge on any atom is 0.187 e. The molecule has 4 aromatic rings. The van der Waals surface area contributed by atoms with Crippen molar-refractivity contribution in [3.63, 3.8) is 0 Å². The molecule has 1 aromatic carbocycles. The van der Waals surface area contributed by atoms with Gasteiger partial charge in [0, 0.05) is 17.0 Å². The summed E-state index contributed by atoms with van der Waals surface area (Å²) in [5, 5.41) is 9.66. The number of nitrogens with zero attached hydrogens (tertiary/aromatic N) is 4. The number of ether oxygens (including phenoxy) is 1. The first-order valence-electron chi connectivity index (χ1n) is 10.0. The molecule has 28 heavy (non-hydrogen) atoms. The zero-order valence-corrected chi connectivity index (χ0v) is 16.1. The molecule has 5 rings (SSSR count). The molecule has 1 aliphatic rings. The minimum atomic E-state index is 0.265. The SMILES string of the molecule is CC1(COc2cccc3ccc(-c4nnc5ccccn45)nc23)CCCCC1. The Morgan fingerprint density at radius 3 is 2.75 bits per heavy atom. The molecular weight excluding hydrogens is 348 g/mol. The molecule has 3 aromatic heterocycles. The Labute approximate surface area is 164 Å². The third kappa shape index (κ3) is 3.11. The third-order valence-corrected chi connectivity index (χ3v) is 5.86. The van der Waals surface area contributed by atoms with Crippen LogP contribution in [0.25, 0.3) is 28.1 Å². The summed E-state index contributed by atoms with van der Waals surface area (Å²) in [7, 11) is 0. The summed E-state index contributed by atoms with van der Waals surface area (Å²) in [6, 6.07) is 16.1. The molecule has 0 unspecified atom stereocenters. The Balaban J connectivity index is 1.51. The van der Waals surface area contributed by atoms with Crippen molar-refractivity contribution in [3.8, 4) is 17.3 Å². The fourth-order valence-corrected chi connectivity index (χ4v) is 4.18. The van der Waals surface area contributed by atoms with Crippen molar-refractivity contribution in [2.75, 3.05) is 6.61 Å². The van der Waals surface area contributed by atoms with Crippen LogP contribution in [0.2, 0.25) is 0 Å². The van der Waals surface area contributed by atoms with Gasteiger partial charge in [0.2, 0.25) is 0 Å². The molecule has 0 atom stereocenters. The van der Waals surface area contributed by atoms with E-state index in [9.17, 15) is 0 Å². The summed E-state index contributed by atoms with van der Waals surface area (Å²) >= 11 is 0. The standard InChI is InChI=1S/C23H24N4O/c1-23(13-4-2-5-14-23)16-28-19-9-7-8-17-11-12-18(24-21(17)19)22-26-25-20-10-3-6-15-27(20)22/h3,6-12,15H,2,4-5,13-14,16H2,1H3. The molecule has 5 nitrogen and oxygen atoms in total. The predicted molar refractivity (Wildman–Crippen MR) is 110 cm³/mol. The fourth-order valence-electron chi connectivity index (χ4n) is 4.18. The molecule has 0 aliphatic heterocycles. The largest absolute Gasteiger partial charge is 0.491 e. The highest BCUT2D eigenvalue weighted by Crippen LogP contribution is 2.37. The zero-order valence-electron chi connectivity index (χ0n) is 16.1. The number of hydrogen-bond acceptors (Lipinski definition) is 4. The van der Waals surface area contributed by atoms with Gasteiger partial charge in [0.05, 0.1) is 6.61 Å². The molecule has 142 valence electrons. The van der Waals surface area contributed by atoms with E-state index in [1.165, 1.54) is 32.1 Å². The van der Waals surface area contributed by atoms with Gasteiger partial charge in [0.25, 0.3) is 0 Å². The Hall–Kier alpha value is -2.95. The van der Waals surface area contributed by atoms with Gasteiger partial charge in [-0.05, 0) is 37.1 Å². The van der Waals surface area contributed by atoms with Crippen LogP contribution in [0.3, 0.4) is 0 Å². The molecule has 1 aliphatic carbocycles. The molecule has 0 spiro atoms. The van der Waals surface area contributed by atoms with Crippen LogP contribution in [0.5, 0.6) is 5.75 Å². The van der Waals surface area contributed by atoms with Crippen molar-refractivity contribution in [2.24, 2.45) is 5.41 Å². The maximum absolute atomic E-state index is 6.32. The van der Waals surface area contributed by atoms with Gasteiger partial charge < -0.3 is 4.74 Å². The van der Waals surface area contributed by atoms with E-state index in [0.29, 0.717) is 0 Å². The van der Waals surface area contributed by atoms with E-state index in [4.69, 9.17) is 9.72 Å². The van der Waals surface area contributed by atoms with Crippen LogP contribution >= 0.6 is 0 Å². The quantitative estimate of drug-likeness (QED) is 0.488. The number of hydrogen-bond donors (Lipinski definition) is 0. The van der Waals surface area contributed by atoms with Gasteiger partial charge in [-0.15, -0.1) is 10.2 Å². The van der Waals surface area contributed by atoms with Crippen LogP contribution in [0.1, 0.15) is 39.0 Å². The average Bonchev–Trinajstić information content (AvgIpc) is 3.17. The first kappa shape index (κ1) is 17.2. The molecule has 1 fully saturated rings. The monoisotopic (exact) mass is 372 g/mol. The Kier molecular flexibility index (Phi) is 4.23. The Morgan fingerprint density at radius 1 is 0.964 bits per heavy atom. The molecule has 0 N–H and O–H groups in total. The lowest BCUT2D eigenvalue weighted by molar-refractivity contribution is 0.117. The summed E-state index contributed by atoms with van der Waals surface area (Å²) < 4.78 is 8.28. The molecule has 0 amide bonds. The molecule has 0 radical (unpaired) electrons. The second kappa shape index (κ2) is 6.89. The molecule has 0 saturated heterocycles. The van der Waals surface area contributed by atoms with Crippen molar-refractivity contribution in [2.45, 2.75) is 39.0 Å². The Morgan fingerprint density at radius 2 is 1.86 bits per heavy atom. The minimum absolute atomic E-state index is 0.265. The van der Waals surface area contributed by atoms with Gasteiger partial charge in [0.15, 0.2) is 11.5 Å². The molecular formula is C23H24N4O. The predicted octanol–water partition coefficient (Wildman–Crippen LogP) is 5.29. The number of rotatable bonds is 4. The van der Waals surface area contributed by atoms with E-state index in [2.05, 4.69) is 29.3 Å². The summed E-state index contributed by atoms with van der Waals surface area (Å²) in [5.41, 5.74) is 2.76. The lowest BCUT2D eigenvalue weighted by atomic mass is 9.76. The lowest BCUT2D eigenvalue weighted by Crippen LogP contribution is -2.27. The number of benzene rings is 1. The van der Waals surface area contributed by atoms with Crippen LogP contribution in [0.4, 0.5) is 0 Å². The summed E-state index contributed by atoms with van der Waals surface area (Å²) in [6.07, 6.45) is 8.39. The Bertz CT molecular complexity index is 1130. The maximum atomic E-state index is 6.32. The molecule has 5 heteroatoms. The van der Waals surface area contributed by atoms with Crippen LogP contribution in [0, 0.1) is 5.41 Å². The first-order valence-corrected chi connectivity index (χ1v) is 10.0. The van der Waals surface area contributed by atoms with Gasteiger partial charge in [0.1, 0.15) is 17.0 Å². The van der Waals surface area contributed by atoms with E-state index < -0.39 is 0 Å². The fraction of sp³-hybridized carbons (Fsp3) is 0.348. The van der Waals surface area contributed by atoms with Gasteiger partial charge in [-0.1, -0.05) is 50.5 Å². The van der Waals surface area contributed by atoms with Crippen LogP contribution < -0.4 is 4.74 Å². The van der Waals surface area contributed by atoms with Gasteiger partial charge in [-0.25, -0.2) is 4.98 Å². The lowest BCUT2D eigenvalue weighted by Gasteiger charge is -2.33.